The minimum atomic E-state index is -0.656. The zero-order valence-electron chi connectivity index (χ0n) is 18.2. The van der Waals surface area contributed by atoms with E-state index in [-0.39, 0.29) is 11.4 Å². The monoisotopic (exact) mass is 430 g/mol. The number of hydrogen-bond donors (Lipinski definition) is 3. The van der Waals surface area contributed by atoms with Gasteiger partial charge in [0.25, 0.3) is 5.56 Å². The number of para-hydroxylation sites is 1. The maximum absolute atomic E-state index is 13.1. The standard InChI is InChI=1S/C25H26N4O3/c1-3-15-9-11-16(12-10-15)29-24(31)20(23(30)27-25(29)32)22-21-18(13-14-28(22)4-2)17-7-5-6-8-19(17)26-21/h5-12,22,26,31H,3-4,13-14H2,1-2H3,(H,27,30,32)/t22-/m1/s1. The molecule has 7 nitrogen and oxygen atoms in total. The molecule has 1 aliphatic rings. The van der Waals surface area contributed by atoms with Crippen molar-refractivity contribution < 1.29 is 5.11 Å². The highest BCUT2D eigenvalue weighted by atomic mass is 16.3. The average molecular weight is 431 g/mol. The van der Waals surface area contributed by atoms with Crippen LogP contribution in [0.1, 0.15) is 42.3 Å². The van der Waals surface area contributed by atoms with Crippen molar-refractivity contribution in [3.8, 4) is 11.6 Å². The highest BCUT2D eigenvalue weighted by Crippen LogP contribution is 2.39. The van der Waals surface area contributed by atoms with Gasteiger partial charge in [-0.2, -0.15) is 0 Å². The summed E-state index contributed by atoms with van der Waals surface area (Å²) in [6.07, 6.45) is 1.72. The number of hydrogen-bond acceptors (Lipinski definition) is 4. The number of H-pyrrole nitrogens is 2. The van der Waals surface area contributed by atoms with E-state index in [4.69, 9.17) is 0 Å². The van der Waals surface area contributed by atoms with Crippen LogP contribution in [0.3, 0.4) is 0 Å². The Kier molecular flexibility index (Phi) is 4.98. The summed E-state index contributed by atoms with van der Waals surface area (Å²) in [5.74, 6) is -0.321. The van der Waals surface area contributed by atoms with Gasteiger partial charge >= 0.3 is 5.69 Å². The van der Waals surface area contributed by atoms with E-state index in [1.165, 1.54) is 4.57 Å². The van der Waals surface area contributed by atoms with Crippen LogP contribution in [-0.2, 0) is 12.8 Å². The summed E-state index contributed by atoms with van der Waals surface area (Å²) < 4.78 is 1.18. The van der Waals surface area contributed by atoms with Crippen molar-refractivity contribution in [1.29, 1.82) is 0 Å². The van der Waals surface area contributed by atoms with Crippen LogP contribution >= 0.6 is 0 Å². The lowest BCUT2D eigenvalue weighted by Crippen LogP contribution is -2.41. The minimum absolute atomic E-state index is 0.179. The SMILES string of the molecule is CCc1ccc(-n2c(O)c([C@@H]3c4[nH]c5ccccc5c4CCN3CC)c(=O)[nH]c2=O)cc1. The number of aromatic nitrogens is 3. The van der Waals surface area contributed by atoms with E-state index in [1.807, 2.05) is 37.3 Å². The molecule has 0 saturated carbocycles. The summed E-state index contributed by atoms with van der Waals surface area (Å²) in [6.45, 7) is 5.53. The number of fused-ring (bicyclic) bond motifs is 3. The third-order valence-electron chi connectivity index (χ3n) is 6.54. The minimum Gasteiger partial charge on any atom is -0.494 e. The molecule has 32 heavy (non-hydrogen) atoms. The third-order valence-corrected chi connectivity index (χ3v) is 6.54. The normalized spacial score (nSPS) is 16.4. The summed E-state index contributed by atoms with van der Waals surface area (Å²) in [5.41, 5.74) is 3.64. The van der Waals surface area contributed by atoms with Gasteiger partial charge in [-0.3, -0.25) is 14.7 Å². The van der Waals surface area contributed by atoms with Gasteiger partial charge in [-0.25, -0.2) is 9.36 Å². The van der Waals surface area contributed by atoms with Gasteiger partial charge in [0.15, 0.2) is 0 Å². The number of aromatic amines is 2. The lowest BCUT2D eigenvalue weighted by Gasteiger charge is -2.35. The number of likely N-dealkylation sites (N-methyl/N-ethyl adjacent to an activating group) is 1. The highest BCUT2D eigenvalue weighted by Gasteiger charge is 2.35. The Labute approximate surface area is 185 Å². The lowest BCUT2D eigenvalue weighted by atomic mass is 9.93. The number of nitrogens with one attached hydrogen (secondary N) is 2. The smallest absolute Gasteiger partial charge is 0.335 e. The Bertz CT molecular complexity index is 1410. The Morgan fingerprint density at radius 2 is 1.78 bits per heavy atom. The molecule has 0 spiro atoms. The first-order chi connectivity index (χ1) is 15.5. The van der Waals surface area contributed by atoms with Crippen LogP contribution in [0, 0.1) is 0 Å². The van der Waals surface area contributed by atoms with E-state index >= 15 is 0 Å². The molecule has 0 radical (unpaired) electrons. The summed E-state index contributed by atoms with van der Waals surface area (Å²) >= 11 is 0. The Hall–Kier alpha value is -3.58. The second-order valence-electron chi connectivity index (χ2n) is 8.20. The topological polar surface area (TPSA) is 94.1 Å². The first-order valence-corrected chi connectivity index (χ1v) is 11.0. The van der Waals surface area contributed by atoms with Gasteiger partial charge in [-0.1, -0.05) is 44.2 Å². The highest BCUT2D eigenvalue weighted by molar-refractivity contribution is 5.85. The van der Waals surface area contributed by atoms with Gasteiger partial charge in [0.05, 0.1) is 11.7 Å². The fraction of sp³-hybridized carbons (Fsp3) is 0.280. The van der Waals surface area contributed by atoms with Crippen molar-refractivity contribution >= 4 is 10.9 Å². The second-order valence-corrected chi connectivity index (χ2v) is 8.20. The number of nitrogens with zero attached hydrogens (tertiary/aromatic N) is 2. The molecule has 0 saturated heterocycles. The largest absolute Gasteiger partial charge is 0.494 e. The molecule has 2 aromatic heterocycles. The van der Waals surface area contributed by atoms with Crippen LogP contribution in [0.15, 0.2) is 58.1 Å². The van der Waals surface area contributed by atoms with Gasteiger partial charge in [-0.05, 0) is 48.7 Å². The Balaban J connectivity index is 1.75. The van der Waals surface area contributed by atoms with Gasteiger partial charge in [0.2, 0.25) is 5.88 Å². The molecule has 0 bridgehead atoms. The van der Waals surface area contributed by atoms with Crippen molar-refractivity contribution in [2.75, 3.05) is 13.1 Å². The molecule has 2 aromatic carbocycles. The molecule has 3 heterocycles. The summed E-state index contributed by atoms with van der Waals surface area (Å²) in [5, 5.41) is 12.4. The number of aryl methyl sites for hydroxylation is 1. The van der Waals surface area contributed by atoms with Crippen LogP contribution < -0.4 is 11.2 Å². The maximum atomic E-state index is 13.1. The average Bonchev–Trinajstić information content (AvgIpc) is 3.18. The van der Waals surface area contributed by atoms with Gasteiger partial charge in [0, 0.05) is 23.1 Å². The Morgan fingerprint density at radius 1 is 1.03 bits per heavy atom. The number of benzene rings is 2. The van der Waals surface area contributed by atoms with Crippen LogP contribution in [0.4, 0.5) is 0 Å². The van der Waals surface area contributed by atoms with Crippen molar-refractivity contribution in [1.82, 2.24) is 19.4 Å². The molecule has 7 heteroatoms. The molecule has 1 atom stereocenters. The predicted octanol–water partition coefficient (Wildman–Crippen LogP) is 3.24. The van der Waals surface area contributed by atoms with E-state index in [9.17, 15) is 14.7 Å². The Morgan fingerprint density at radius 3 is 2.50 bits per heavy atom. The molecule has 164 valence electrons. The molecular weight excluding hydrogens is 404 g/mol. The number of aromatic hydroxyl groups is 1. The van der Waals surface area contributed by atoms with Crippen molar-refractivity contribution in [3.63, 3.8) is 0 Å². The lowest BCUT2D eigenvalue weighted by molar-refractivity contribution is 0.215. The summed E-state index contributed by atoms with van der Waals surface area (Å²) in [6, 6.07) is 15.0. The van der Waals surface area contributed by atoms with Crippen LogP contribution in [-0.4, -0.2) is 37.6 Å². The van der Waals surface area contributed by atoms with Gasteiger partial charge in [0.1, 0.15) is 5.56 Å². The first kappa shape index (κ1) is 20.3. The summed E-state index contributed by atoms with van der Waals surface area (Å²) in [4.78, 5) is 33.8. The second kappa shape index (κ2) is 7.84. The van der Waals surface area contributed by atoms with E-state index in [0.29, 0.717) is 12.2 Å². The molecule has 0 unspecified atom stereocenters. The quantitative estimate of drug-likeness (QED) is 0.463. The van der Waals surface area contributed by atoms with E-state index < -0.39 is 17.3 Å². The van der Waals surface area contributed by atoms with Gasteiger partial charge < -0.3 is 10.1 Å². The molecule has 4 aromatic rings. The van der Waals surface area contributed by atoms with Crippen LogP contribution in [0.5, 0.6) is 5.88 Å². The van der Waals surface area contributed by atoms with Crippen molar-refractivity contribution in [2.45, 2.75) is 32.7 Å². The predicted molar refractivity (Wildman–Crippen MR) is 125 cm³/mol. The fourth-order valence-electron chi connectivity index (χ4n) is 4.86. The van der Waals surface area contributed by atoms with Crippen LogP contribution in [0.25, 0.3) is 16.6 Å². The van der Waals surface area contributed by atoms with Crippen molar-refractivity contribution in [2.24, 2.45) is 0 Å². The maximum Gasteiger partial charge on any atom is 0.335 e. The summed E-state index contributed by atoms with van der Waals surface area (Å²) in [7, 11) is 0. The molecular formula is C25H26N4O3. The van der Waals surface area contributed by atoms with Crippen LogP contribution in [0.2, 0.25) is 0 Å². The third kappa shape index (κ3) is 3.08. The number of rotatable bonds is 4. The molecule has 3 N–H and O–H groups in total. The molecule has 0 aliphatic carbocycles. The van der Waals surface area contributed by atoms with E-state index in [1.54, 1.807) is 12.1 Å². The van der Waals surface area contributed by atoms with E-state index in [2.05, 4.69) is 27.9 Å². The zero-order chi connectivity index (χ0) is 22.4. The van der Waals surface area contributed by atoms with E-state index in [0.717, 1.165) is 47.1 Å². The molecule has 0 fully saturated rings. The molecule has 1 aliphatic heterocycles. The first-order valence-electron chi connectivity index (χ1n) is 11.0. The van der Waals surface area contributed by atoms with Crippen molar-refractivity contribution in [3.05, 3.63) is 91.8 Å². The zero-order valence-corrected chi connectivity index (χ0v) is 18.2. The fourth-order valence-corrected chi connectivity index (χ4v) is 4.86. The molecule has 0 amide bonds. The van der Waals surface area contributed by atoms with Gasteiger partial charge in [-0.15, -0.1) is 0 Å². The molecule has 5 rings (SSSR count).